The molecule has 0 fully saturated rings. The summed E-state index contributed by atoms with van der Waals surface area (Å²) in [4.78, 5) is 6.24. The van der Waals surface area contributed by atoms with Gasteiger partial charge in [-0.2, -0.15) is 4.98 Å². The molecule has 3 aromatic carbocycles. The third-order valence-corrected chi connectivity index (χ3v) is 7.68. The van der Waals surface area contributed by atoms with Gasteiger partial charge in [0, 0.05) is 17.6 Å². The van der Waals surface area contributed by atoms with E-state index in [9.17, 15) is 12.8 Å². The highest BCUT2D eigenvalue weighted by atomic mass is 79.9. The summed E-state index contributed by atoms with van der Waals surface area (Å²) in [6, 6.07) is 20.4. The average molecular weight is 513 g/mol. The fraction of sp³-hybridized carbons (Fsp3) is 0.125. The lowest BCUT2D eigenvalue weighted by Crippen LogP contribution is -2.31. The van der Waals surface area contributed by atoms with Crippen molar-refractivity contribution in [3.05, 3.63) is 94.2 Å². The number of sulfone groups is 1. The quantitative estimate of drug-likeness (QED) is 0.354. The first-order valence-electron chi connectivity index (χ1n) is 10.0. The Kier molecular flexibility index (Phi) is 5.35. The third kappa shape index (κ3) is 3.73. The summed E-state index contributed by atoms with van der Waals surface area (Å²) in [7, 11) is -4.00. The minimum absolute atomic E-state index is 0.0624. The van der Waals surface area contributed by atoms with Crippen molar-refractivity contribution in [2.75, 3.05) is 11.4 Å². The van der Waals surface area contributed by atoms with Gasteiger partial charge < -0.3 is 9.32 Å². The van der Waals surface area contributed by atoms with Gasteiger partial charge in [0.1, 0.15) is 5.82 Å². The lowest BCUT2D eigenvalue weighted by Gasteiger charge is -2.28. The molecule has 2 heterocycles. The molecule has 5 rings (SSSR count). The predicted molar refractivity (Wildman–Crippen MR) is 123 cm³/mol. The Bertz CT molecular complexity index is 1400. The smallest absolute Gasteiger partial charge is 0.236 e. The Labute approximate surface area is 193 Å². The topological polar surface area (TPSA) is 63.4 Å². The fourth-order valence-electron chi connectivity index (χ4n) is 3.82. The van der Waals surface area contributed by atoms with Crippen LogP contribution >= 0.6 is 15.9 Å². The minimum atomic E-state index is -4.00. The molecule has 8 heteroatoms. The van der Waals surface area contributed by atoms with Gasteiger partial charge >= 0.3 is 0 Å². The van der Waals surface area contributed by atoms with E-state index >= 15 is 0 Å². The highest BCUT2D eigenvalue weighted by molar-refractivity contribution is 9.10. The zero-order valence-corrected chi connectivity index (χ0v) is 19.2. The maximum atomic E-state index is 14.5. The maximum Gasteiger partial charge on any atom is 0.236 e. The van der Waals surface area contributed by atoms with Crippen LogP contribution in [-0.2, 0) is 22.8 Å². The second-order valence-electron chi connectivity index (χ2n) is 7.51. The summed E-state index contributed by atoms with van der Waals surface area (Å²) in [5.74, 6) is -0.467. The average Bonchev–Trinajstić information content (AvgIpc) is 3.25. The van der Waals surface area contributed by atoms with Crippen LogP contribution in [0.3, 0.4) is 0 Å². The van der Waals surface area contributed by atoms with Crippen molar-refractivity contribution in [3.8, 4) is 11.5 Å². The van der Waals surface area contributed by atoms with E-state index < -0.39 is 15.7 Å². The van der Waals surface area contributed by atoms with E-state index in [0.717, 1.165) is 16.5 Å². The molecule has 0 aliphatic carbocycles. The summed E-state index contributed by atoms with van der Waals surface area (Å²) in [6.45, 7) is 1.04. The number of oxazole rings is 1. The van der Waals surface area contributed by atoms with Crippen molar-refractivity contribution in [1.29, 1.82) is 0 Å². The van der Waals surface area contributed by atoms with E-state index in [2.05, 4.69) is 27.0 Å². The number of rotatable bonds is 4. The summed E-state index contributed by atoms with van der Waals surface area (Å²) in [6.07, 6.45) is 0.740. The molecule has 1 aromatic heterocycles. The van der Waals surface area contributed by atoms with Gasteiger partial charge in [-0.15, -0.1) is 0 Å². The summed E-state index contributed by atoms with van der Waals surface area (Å²) < 4.78 is 48.2. The summed E-state index contributed by atoms with van der Waals surface area (Å²) >= 11 is 3.32. The van der Waals surface area contributed by atoms with Crippen LogP contribution in [0.5, 0.6) is 0 Å². The first-order chi connectivity index (χ1) is 15.4. The van der Waals surface area contributed by atoms with Gasteiger partial charge in [-0.3, -0.25) is 0 Å². The van der Waals surface area contributed by atoms with Crippen molar-refractivity contribution in [2.24, 2.45) is 0 Å². The molecule has 5 nitrogen and oxygen atoms in total. The second-order valence-corrected chi connectivity index (χ2v) is 10.3. The van der Waals surface area contributed by atoms with Crippen molar-refractivity contribution in [2.45, 2.75) is 22.9 Å². The van der Waals surface area contributed by atoms with Crippen LogP contribution in [-0.4, -0.2) is 19.9 Å². The van der Waals surface area contributed by atoms with E-state index in [1.807, 2.05) is 23.1 Å². The van der Waals surface area contributed by atoms with Crippen LogP contribution in [0.4, 0.5) is 10.3 Å². The predicted octanol–water partition coefficient (Wildman–Crippen LogP) is 5.64. The first-order valence-corrected chi connectivity index (χ1v) is 12.3. The lowest BCUT2D eigenvalue weighted by atomic mass is 10.0. The molecule has 0 saturated heterocycles. The van der Waals surface area contributed by atoms with Crippen LogP contribution in [0.25, 0.3) is 11.5 Å². The molecule has 0 atom stereocenters. The van der Waals surface area contributed by atoms with Gasteiger partial charge in [0.2, 0.25) is 26.6 Å². The third-order valence-electron chi connectivity index (χ3n) is 5.48. The largest absolute Gasteiger partial charge is 0.419 e. The number of benzene rings is 3. The number of hydrogen-bond donors (Lipinski definition) is 0. The molecule has 0 bridgehead atoms. The highest BCUT2D eigenvalue weighted by Gasteiger charge is 2.33. The van der Waals surface area contributed by atoms with E-state index in [0.29, 0.717) is 13.1 Å². The van der Waals surface area contributed by atoms with Crippen molar-refractivity contribution in [3.63, 3.8) is 0 Å². The molecule has 0 amide bonds. The van der Waals surface area contributed by atoms with Crippen molar-refractivity contribution < 1.29 is 17.2 Å². The summed E-state index contributed by atoms with van der Waals surface area (Å²) in [5, 5.41) is -0.211. The monoisotopic (exact) mass is 512 g/mol. The Morgan fingerprint density at radius 2 is 1.62 bits per heavy atom. The van der Waals surface area contributed by atoms with Gasteiger partial charge in [0.15, 0.2) is 0 Å². The SMILES string of the molecule is O=S(=O)(c1ccc(Br)cc1)c1nc(-c2ccccc2F)oc1N1CCc2ccccc2C1. The standard InChI is InChI=1S/C24H18BrFN2O3S/c25-18-9-11-19(12-10-18)32(29,30)23-24(28-14-13-16-5-1-2-6-17(16)15-28)31-22(27-23)20-7-3-4-8-21(20)26/h1-12H,13-15H2. The van der Waals surface area contributed by atoms with Gasteiger partial charge in [-0.25, -0.2) is 12.8 Å². The Morgan fingerprint density at radius 3 is 2.38 bits per heavy atom. The van der Waals surface area contributed by atoms with E-state index in [-0.39, 0.29) is 27.3 Å². The molecule has 0 saturated carbocycles. The van der Waals surface area contributed by atoms with E-state index in [1.165, 1.54) is 29.8 Å². The zero-order valence-electron chi connectivity index (χ0n) is 16.8. The zero-order chi connectivity index (χ0) is 22.3. The molecule has 4 aromatic rings. The van der Waals surface area contributed by atoms with Gasteiger partial charge in [0.25, 0.3) is 0 Å². The molecular weight excluding hydrogens is 495 g/mol. The van der Waals surface area contributed by atoms with Crippen LogP contribution < -0.4 is 4.90 Å². The normalized spacial score (nSPS) is 13.8. The Morgan fingerprint density at radius 1 is 0.938 bits per heavy atom. The molecule has 162 valence electrons. The lowest BCUT2D eigenvalue weighted by molar-refractivity contribution is 0.529. The molecule has 1 aliphatic rings. The van der Waals surface area contributed by atoms with E-state index in [1.54, 1.807) is 24.3 Å². The number of anilines is 1. The first kappa shape index (κ1) is 20.9. The molecule has 0 unspecified atom stereocenters. The fourth-order valence-corrected chi connectivity index (χ4v) is 5.40. The summed E-state index contributed by atoms with van der Waals surface area (Å²) in [5.41, 5.74) is 2.42. The van der Waals surface area contributed by atoms with Crippen LogP contribution in [0, 0.1) is 5.82 Å². The number of nitrogens with zero attached hydrogens (tertiary/aromatic N) is 2. The van der Waals surface area contributed by atoms with Crippen LogP contribution in [0.1, 0.15) is 11.1 Å². The highest BCUT2D eigenvalue weighted by Crippen LogP contribution is 2.37. The number of aromatic nitrogens is 1. The number of fused-ring (bicyclic) bond motifs is 1. The van der Waals surface area contributed by atoms with E-state index in [4.69, 9.17) is 4.42 Å². The molecule has 0 radical (unpaired) electrons. The molecular formula is C24H18BrFN2O3S. The minimum Gasteiger partial charge on any atom is -0.419 e. The van der Waals surface area contributed by atoms with Crippen molar-refractivity contribution >= 4 is 31.7 Å². The number of halogens is 2. The molecule has 0 N–H and O–H groups in total. The number of hydrogen-bond acceptors (Lipinski definition) is 5. The van der Waals surface area contributed by atoms with Gasteiger partial charge in [0.05, 0.1) is 10.5 Å². The van der Waals surface area contributed by atoms with Gasteiger partial charge in [-0.1, -0.05) is 52.3 Å². The van der Waals surface area contributed by atoms with Gasteiger partial charge in [-0.05, 0) is 53.9 Å². The maximum absolute atomic E-state index is 14.5. The van der Waals surface area contributed by atoms with Crippen molar-refractivity contribution in [1.82, 2.24) is 4.98 Å². The molecule has 1 aliphatic heterocycles. The molecule has 0 spiro atoms. The Balaban J connectivity index is 1.65. The second kappa shape index (κ2) is 8.18. The van der Waals surface area contributed by atoms with Crippen LogP contribution in [0.2, 0.25) is 0 Å². The van der Waals surface area contributed by atoms with Crippen LogP contribution in [0.15, 0.2) is 91.6 Å². The Hall–Kier alpha value is -2.97. The molecule has 32 heavy (non-hydrogen) atoms.